The third-order valence-electron chi connectivity index (χ3n) is 5.41. The highest BCUT2D eigenvalue weighted by molar-refractivity contribution is 5.67. The van der Waals surface area contributed by atoms with Crippen LogP contribution in [0.15, 0.2) is 41.5 Å². The molecule has 0 heterocycles. The Morgan fingerprint density at radius 1 is 1.33 bits per heavy atom. The highest BCUT2D eigenvalue weighted by Crippen LogP contribution is 2.38. The zero-order valence-electron chi connectivity index (χ0n) is 15.6. The monoisotopic (exact) mass is 376 g/mol. The molecule has 2 aliphatic rings. The van der Waals surface area contributed by atoms with Gasteiger partial charge in [0.05, 0.1) is 0 Å². The van der Waals surface area contributed by atoms with Crippen LogP contribution in [0.1, 0.15) is 56.6 Å². The number of carbonyl (C=O) groups is 1. The SMILES string of the molecule is CC(F)(F)c1cc(OCC2=C(C3C=CCC3)CCC2)ccc1CCC(=O)O. The molecule has 2 aliphatic carbocycles. The summed E-state index contributed by atoms with van der Waals surface area (Å²) in [6.45, 7) is 1.27. The maximum Gasteiger partial charge on any atom is 0.303 e. The van der Waals surface area contributed by atoms with E-state index in [1.807, 2.05) is 0 Å². The van der Waals surface area contributed by atoms with Crippen molar-refractivity contribution in [3.63, 3.8) is 0 Å². The van der Waals surface area contributed by atoms with Crippen LogP contribution in [0.4, 0.5) is 8.78 Å². The molecule has 0 saturated heterocycles. The van der Waals surface area contributed by atoms with Gasteiger partial charge in [-0.15, -0.1) is 0 Å². The Morgan fingerprint density at radius 3 is 2.81 bits per heavy atom. The molecular formula is C22H26F2O3. The van der Waals surface area contributed by atoms with Crippen LogP contribution in [0, 0.1) is 5.92 Å². The van der Waals surface area contributed by atoms with Gasteiger partial charge in [0.25, 0.3) is 5.92 Å². The summed E-state index contributed by atoms with van der Waals surface area (Å²) in [5.74, 6) is -3.12. The number of carboxylic acids is 1. The molecule has 0 aliphatic heterocycles. The molecule has 1 atom stereocenters. The smallest absolute Gasteiger partial charge is 0.303 e. The van der Waals surface area contributed by atoms with Gasteiger partial charge in [-0.25, -0.2) is 8.78 Å². The van der Waals surface area contributed by atoms with Gasteiger partial charge in [0.2, 0.25) is 0 Å². The predicted molar refractivity (Wildman–Crippen MR) is 100 cm³/mol. The van der Waals surface area contributed by atoms with E-state index in [2.05, 4.69) is 12.2 Å². The predicted octanol–water partition coefficient (Wildman–Crippen LogP) is 5.64. The maximum atomic E-state index is 14.0. The number of rotatable bonds is 8. The molecule has 0 bridgehead atoms. The van der Waals surface area contributed by atoms with Crippen LogP contribution in [0.2, 0.25) is 0 Å². The van der Waals surface area contributed by atoms with Gasteiger partial charge in [0, 0.05) is 18.9 Å². The Bertz CT molecular complexity index is 759. The second-order valence-electron chi connectivity index (χ2n) is 7.48. The zero-order valence-corrected chi connectivity index (χ0v) is 15.6. The molecule has 3 nitrogen and oxygen atoms in total. The molecule has 0 fully saturated rings. The molecule has 0 aromatic heterocycles. The van der Waals surface area contributed by atoms with E-state index in [0.29, 0.717) is 23.8 Å². The lowest BCUT2D eigenvalue weighted by Gasteiger charge is -2.18. The molecule has 5 heteroatoms. The zero-order chi connectivity index (χ0) is 19.4. The van der Waals surface area contributed by atoms with E-state index in [1.54, 1.807) is 12.1 Å². The van der Waals surface area contributed by atoms with E-state index in [4.69, 9.17) is 9.84 Å². The summed E-state index contributed by atoms with van der Waals surface area (Å²) in [5.41, 5.74) is 2.96. The number of benzene rings is 1. The van der Waals surface area contributed by atoms with E-state index in [0.717, 1.165) is 39.0 Å². The number of hydrogen-bond donors (Lipinski definition) is 1. The van der Waals surface area contributed by atoms with Gasteiger partial charge in [-0.2, -0.15) is 0 Å². The first kappa shape index (κ1) is 19.6. The lowest BCUT2D eigenvalue weighted by atomic mass is 9.95. The normalized spacial score (nSPS) is 19.7. The number of ether oxygens (including phenoxy) is 1. The minimum absolute atomic E-state index is 0.0810. The molecule has 27 heavy (non-hydrogen) atoms. The van der Waals surface area contributed by atoms with Crippen LogP contribution in [-0.2, 0) is 17.1 Å². The van der Waals surface area contributed by atoms with Crippen LogP contribution >= 0.6 is 0 Å². The summed E-state index contributed by atoms with van der Waals surface area (Å²) in [4.78, 5) is 10.8. The molecule has 0 spiro atoms. The van der Waals surface area contributed by atoms with E-state index >= 15 is 0 Å². The Morgan fingerprint density at radius 2 is 2.15 bits per heavy atom. The van der Waals surface area contributed by atoms with Crippen molar-refractivity contribution in [1.29, 1.82) is 0 Å². The molecule has 0 amide bonds. The van der Waals surface area contributed by atoms with Crippen LogP contribution in [0.25, 0.3) is 0 Å². The first-order chi connectivity index (χ1) is 12.8. The molecular weight excluding hydrogens is 350 g/mol. The summed E-state index contributed by atoms with van der Waals surface area (Å²) in [5, 5.41) is 8.82. The first-order valence-corrected chi connectivity index (χ1v) is 9.58. The molecule has 1 N–H and O–H groups in total. The van der Waals surface area contributed by atoms with Crippen molar-refractivity contribution in [3.8, 4) is 5.75 Å². The van der Waals surface area contributed by atoms with E-state index in [9.17, 15) is 13.6 Å². The topological polar surface area (TPSA) is 46.5 Å². The third kappa shape index (κ3) is 4.96. The fraction of sp³-hybridized carbons (Fsp3) is 0.500. The lowest BCUT2D eigenvalue weighted by Crippen LogP contribution is -2.13. The van der Waals surface area contributed by atoms with Crippen molar-refractivity contribution in [3.05, 3.63) is 52.6 Å². The van der Waals surface area contributed by atoms with E-state index < -0.39 is 11.9 Å². The van der Waals surface area contributed by atoms with Crippen molar-refractivity contribution in [2.45, 2.75) is 57.8 Å². The van der Waals surface area contributed by atoms with Gasteiger partial charge >= 0.3 is 5.97 Å². The van der Waals surface area contributed by atoms with E-state index in [1.165, 1.54) is 17.2 Å². The summed E-state index contributed by atoms with van der Waals surface area (Å²) in [7, 11) is 0. The molecule has 1 aromatic carbocycles. The largest absolute Gasteiger partial charge is 0.489 e. The van der Waals surface area contributed by atoms with Gasteiger partial charge < -0.3 is 9.84 Å². The van der Waals surface area contributed by atoms with Crippen LogP contribution in [0.5, 0.6) is 5.75 Å². The summed E-state index contributed by atoms with van der Waals surface area (Å²) in [6.07, 6.45) is 9.91. The minimum Gasteiger partial charge on any atom is -0.489 e. The molecule has 3 rings (SSSR count). The van der Waals surface area contributed by atoms with Crippen LogP contribution in [0.3, 0.4) is 0 Å². The summed E-state index contributed by atoms with van der Waals surface area (Å²) in [6, 6.07) is 4.59. The maximum absolute atomic E-state index is 14.0. The van der Waals surface area contributed by atoms with Crippen molar-refractivity contribution in [1.82, 2.24) is 0 Å². The van der Waals surface area contributed by atoms with Gasteiger partial charge in [0.1, 0.15) is 12.4 Å². The quantitative estimate of drug-likeness (QED) is 0.597. The highest BCUT2D eigenvalue weighted by atomic mass is 19.3. The van der Waals surface area contributed by atoms with Crippen molar-refractivity contribution in [2.24, 2.45) is 5.92 Å². The third-order valence-corrected chi connectivity index (χ3v) is 5.41. The number of allylic oxidation sites excluding steroid dienone is 3. The first-order valence-electron chi connectivity index (χ1n) is 9.58. The van der Waals surface area contributed by atoms with Crippen LogP contribution < -0.4 is 4.74 Å². The second-order valence-corrected chi connectivity index (χ2v) is 7.48. The van der Waals surface area contributed by atoms with Gasteiger partial charge in [-0.1, -0.05) is 23.8 Å². The average molecular weight is 376 g/mol. The summed E-state index contributed by atoms with van der Waals surface area (Å²) < 4.78 is 33.9. The number of aliphatic carboxylic acids is 1. The molecule has 1 aromatic rings. The van der Waals surface area contributed by atoms with Gasteiger partial charge in [-0.05, 0) is 67.7 Å². The molecule has 0 radical (unpaired) electrons. The second kappa shape index (κ2) is 8.24. The fourth-order valence-electron chi connectivity index (χ4n) is 4.05. The van der Waals surface area contributed by atoms with Crippen molar-refractivity contribution in [2.75, 3.05) is 6.61 Å². The Balaban J connectivity index is 1.74. The minimum atomic E-state index is -3.04. The number of alkyl halides is 2. The van der Waals surface area contributed by atoms with Crippen molar-refractivity contribution >= 4 is 5.97 Å². The van der Waals surface area contributed by atoms with Crippen molar-refractivity contribution < 1.29 is 23.4 Å². The number of hydrogen-bond acceptors (Lipinski definition) is 2. The van der Waals surface area contributed by atoms with Gasteiger partial charge in [0.15, 0.2) is 0 Å². The number of carboxylic acid groups (broad SMARTS) is 1. The number of halogens is 2. The Labute approximate surface area is 158 Å². The molecule has 0 saturated carbocycles. The lowest BCUT2D eigenvalue weighted by molar-refractivity contribution is -0.137. The standard InChI is InChI=1S/C22H26F2O3/c1-22(23,24)20-13-18(11-9-16(20)10-12-21(25)26)27-14-17-7-4-8-19(17)15-5-2-3-6-15/h2,5,9,11,13,15H,3-4,6-8,10,12,14H2,1H3,(H,25,26). The molecule has 146 valence electrons. The Hall–Kier alpha value is -2.17. The van der Waals surface area contributed by atoms with Gasteiger partial charge in [-0.3, -0.25) is 4.79 Å². The molecule has 1 unspecified atom stereocenters. The van der Waals surface area contributed by atoms with Crippen LogP contribution in [-0.4, -0.2) is 17.7 Å². The Kier molecular flexibility index (Phi) is 5.98. The fourth-order valence-corrected chi connectivity index (χ4v) is 4.05. The highest BCUT2D eigenvalue weighted by Gasteiger charge is 2.28. The average Bonchev–Trinajstić information content (AvgIpc) is 3.28. The van der Waals surface area contributed by atoms with E-state index in [-0.39, 0.29) is 18.4 Å². The number of aryl methyl sites for hydroxylation is 1. The summed E-state index contributed by atoms with van der Waals surface area (Å²) >= 11 is 0.